The number of hydrogen-bond acceptors (Lipinski definition) is 0. The highest BCUT2D eigenvalue weighted by molar-refractivity contribution is 5.37. The third-order valence-corrected chi connectivity index (χ3v) is 2.47. The second-order valence-corrected chi connectivity index (χ2v) is 3.47. The van der Waals surface area contributed by atoms with Gasteiger partial charge in [-0.05, 0) is 55.5 Å². The molecule has 0 radical (unpaired) electrons. The van der Waals surface area contributed by atoms with Crippen LogP contribution in [0.3, 0.4) is 0 Å². The van der Waals surface area contributed by atoms with E-state index in [1.807, 2.05) is 6.08 Å². The van der Waals surface area contributed by atoms with Crippen molar-refractivity contribution in [1.29, 1.82) is 0 Å². The molecule has 0 nitrogen and oxygen atoms in total. The molecule has 68 valence electrons. The Morgan fingerprint density at radius 3 is 2.23 bits per heavy atom. The van der Waals surface area contributed by atoms with Gasteiger partial charge in [0.2, 0.25) is 0 Å². The Morgan fingerprint density at radius 1 is 1.23 bits per heavy atom. The van der Waals surface area contributed by atoms with Crippen molar-refractivity contribution in [3.05, 3.63) is 52.8 Å². The summed E-state index contributed by atoms with van der Waals surface area (Å²) in [6.45, 7) is 10.0. The summed E-state index contributed by atoms with van der Waals surface area (Å²) in [5, 5.41) is 0. The van der Waals surface area contributed by atoms with Crippen molar-refractivity contribution < 1.29 is 0 Å². The predicted molar refractivity (Wildman–Crippen MR) is 58.1 cm³/mol. The van der Waals surface area contributed by atoms with E-state index in [1.165, 1.54) is 22.3 Å². The lowest BCUT2D eigenvalue weighted by atomic mass is 9.99. The van der Waals surface area contributed by atoms with Gasteiger partial charge in [-0.25, -0.2) is 0 Å². The van der Waals surface area contributed by atoms with Gasteiger partial charge < -0.3 is 0 Å². The Bertz CT molecular complexity index is 329. The Hall–Kier alpha value is -1.26. The molecule has 0 saturated heterocycles. The van der Waals surface area contributed by atoms with Gasteiger partial charge in [0.25, 0.3) is 0 Å². The fourth-order valence-electron chi connectivity index (χ4n) is 1.43. The second-order valence-electron chi connectivity index (χ2n) is 3.47. The van der Waals surface area contributed by atoms with E-state index in [2.05, 4.69) is 45.2 Å². The summed E-state index contributed by atoms with van der Waals surface area (Å²) >= 11 is 0. The second kappa shape index (κ2) is 4.11. The molecule has 1 aromatic rings. The smallest absolute Gasteiger partial charge is 0.00213 e. The number of hydrogen-bond donors (Lipinski definition) is 0. The quantitative estimate of drug-likeness (QED) is 0.599. The maximum Gasteiger partial charge on any atom is -0.00213 e. The molecule has 0 bridgehead atoms. The Balaban J connectivity index is 3.05. The number of rotatable bonds is 2. The summed E-state index contributed by atoms with van der Waals surface area (Å²) in [4.78, 5) is 0. The summed E-state index contributed by atoms with van der Waals surface area (Å²) in [6.07, 6.45) is 2.90. The standard InChI is InChI=1S/C13H16/c1-5-6-7-13-8-10(2)12(4)11(3)9-13/h6,8-9H,1,7H2,2-4H3. The average Bonchev–Trinajstić information content (AvgIpc) is 2.10. The van der Waals surface area contributed by atoms with E-state index in [0.29, 0.717) is 0 Å². The Kier molecular flexibility index (Phi) is 3.11. The molecule has 0 heterocycles. The van der Waals surface area contributed by atoms with Crippen LogP contribution in [0.2, 0.25) is 0 Å². The summed E-state index contributed by atoms with van der Waals surface area (Å²) in [6, 6.07) is 4.46. The van der Waals surface area contributed by atoms with Crippen LogP contribution < -0.4 is 0 Å². The first-order valence-electron chi connectivity index (χ1n) is 4.56. The molecular formula is C13H16. The van der Waals surface area contributed by atoms with Crippen molar-refractivity contribution in [2.45, 2.75) is 27.2 Å². The SMILES string of the molecule is C=C=CCc1cc(C)c(C)c(C)c1. The molecule has 0 amide bonds. The first-order valence-corrected chi connectivity index (χ1v) is 4.56. The number of benzene rings is 1. The fourth-order valence-corrected chi connectivity index (χ4v) is 1.43. The van der Waals surface area contributed by atoms with Gasteiger partial charge in [0.05, 0.1) is 0 Å². The molecule has 13 heavy (non-hydrogen) atoms. The van der Waals surface area contributed by atoms with Crippen LogP contribution in [0.15, 0.2) is 30.5 Å². The Morgan fingerprint density at radius 2 is 1.77 bits per heavy atom. The van der Waals surface area contributed by atoms with E-state index in [1.54, 1.807) is 0 Å². The zero-order valence-electron chi connectivity index (χ0n) is 8.65. The van der Waals surface area contributed by atoms with Crippen molar-refractivity contribution >= 4 is 0 Å². The molecule has 0 heteroatoms. The van der Waals surface area contributed by atoms with Gasteiger partial charge in [0.1, 0.15) is 0 Å². The van der Waals surface area contributed by atoms with Crippen molar-refractivity contribution in [1.82, 2.24) is 0 Å². The molecule has 0 spiro atoms. The van der Waals surface area contributed by atoms with E-state index < -0.39 is 0 Å². The molecule has 0 N–H and O–H groups in total. The minimum Gasteiger partial charge on any atom is -0.133 e. The van der Waals surface area contributed by atoms with Crippen LogP contribution in [0, 0.1) is 20.8 Å². The number of allylic oxidation sites excluding steroid dienone is 1. The number of aryl methyl sites for hydroxylation is 2. The van der Waals surface area contributed by atoms with Crippen LogP contribution in [0.5, 0.6) is 0 Å². The van der Waals surface area contributed by atoms with Crippen LogP contribution in [-0.2, 0) is 6.42 Å². The zero-order valence-corrected chi connectivity index (χ0v) is 8.65. The topological polar surface area (TPSA) is 0 Å². The average molecular weight is 172 g/mol. The van der Waals surface area contributed by atoms with E-state index in [9.17, 15) is 0 Å². The van der Waals surface area contributed by atoms with E-state index in [4.69, 9.17) is 0 Å². The summed E-state index contributed by atoms with van der Waals surface area (Å²) in [5.74, 6) is 0. The molecule has 1 aromatic carbocycles. The monoisotopic (exact) mass is 172 g/mol. The lowest BCUT2D eigenvalue weighted by Crippen LogP contribution is -1.90. The summed E-state index contributed by atoms with van der Waals surface area (Å²) in [7, 11) is 0. The van der Waals surface area contributed by atoms with E-state index in [-0.39, 0.29) is 0 Å². The van der Waals surface area contributed by atoms with Crippen molar-refractivity contribution in [2.75, 3.05) is 0 Å². The first-order chi connectivity index (χ1) is 6.15. The molecule has 0 aliphatic rings. The molecule has 1 rings (SSSR count). The maximum atomic E-state index is 3.56. The largest absolute Gasteiger partial charge is 0.133 e. The van der Waals surface area contributed by atoms with Crippen LogP contribution in [0.1, 0.15) is 22.3 Å². The first kappa shape index (κ1) is 9.83. The van der Waals surface area contributed by atoms with Gasteiger partial charge in [0.15, 0.2) is 0 Å². The Labute approximate surface area is 80.6 Å². The normalized spacial score (nSPS) is 9.46. The molecule has 0 aliphatic carbocycles. The van der Waals surface area contributed by atoms with Gasteiger partial charge in [-0.1, -0.05) is 18.7 Å². The van der Waals surface area contributed by atoms with Crippen LogP contribution >= 0.6 is 0 Å². The predicted octanol–water partition coefficient (Wildman–Crippen LogP) is 3.50. The molecule has 0 unspecified atom stereocenters. The van der Waals surface area contributed by atoms with Gasteiger partial charge in [0, 0.05) is 0 Å². The molecule has 0 fully saturated rings. The van der Waals surface area contributed by atoms with E-state index in [0.717, 1.165) is 6.42 Å². The maximum absolute atomic E-state index is 3.56. The molecule has 0 aromatic heterocycles. The molecular weight excluding hydrogens is 156 g/mol. The van der Waals surface area contributed by atoms with Crippen LogP contribution in [0.25, 0.3) is 0 Å². The van der Waals surface area contributed by atoms with E-state index >= 15 is 0 Å². The lowest BCUT2D eigenvalue weighted by molar-refractivity contribution is 1.18. The molecule has 0 saturated carbocycles. The van der Waals surface area contributed by atoms with Crippen molar-refractivity contribution in [2.24, 2.45) is 0 Å². The van der Waals surface area contributed by atoms with Crippen molar-refractivity contribution in [3.8, 4) is 0 Å². The molecule has 0 aliphatic heterocycles. The minimum absolute atomic E-state index is 0.936. The van der Waals surface area contributed by atoms with Gasteiger partial charge in [-0.3, -0.25) is 0 Å². The van der Waals surface area contributed by atoms with Gasteiger partial charge >= 0.3 is 0 Å². The molecule has 0 atom stereocenters. The van der Waals surface area contributed by atoms with Gasteiger partial charge in [-0.15, -0.1) is 5.73 Å². The van der Waals surface area contributed by atoms with Crippen LogP contribution in [0.4, 0.5) is 0 Å². The third kappa shape index (κ3) is 2.34. The minimum atomic E-state index is 0.936. The van der Waals surface area contributed by atoms with Gasteiger partial charge in [-0.2, -0.15) is 0 Å². The lowest BCUT2D eigenvalue weighted by Gasteiger charge is -2.06. The third-order valence-electron chi connectivity index (χ3n) is 2.47. The fraction of sp³-hybridized carbons (Fsp3) is 0.308. The highest BCUT2D eigenvalue weighted by atomic mass is 14.0. The summed E-state index contributed by atoms with van der Waals surface area (Å²) < 4.78 is 0. The highest BCUT2D eigenvalue weighted by Crippen LogP contribution is 2.15. The summed E-state index contributed by atoms with van der Waals surface area (Å²) in [5.41, 5.74) is 8.27. The highest BCUT2D eigenvalue weighted by Gasteiger charge is 1.98. The zero-order chi connectivity index (χ0) is 9.84. The van der Waals surface area contributed by atoms with Crippen LogP contribution in [-0.4, -0.2) is 0 Å². The van der Waals surface area contributed by atoms with Crippen molar-refractivity contribution in [3.63, 3.8) is 0 Å².